The predicted octanol–water partition coefficient (Wildman–Crippen LogP) is 6.68. The van der Waals surface area contributed by atoms with Crippen LogP contribution in [0.4, 0.5) is 0 Å². The molecule has 0 radical (unpaired) electrons. The van der Waals surface area contributed by atoms with E-state index in [2.05, 4.69) is 13.2 Å². The Balaban J connectivity index is 1.42. The minimum atomic E-state index is -0.534. The molecule has 0 saturated heterocycles. The summed E-state index contributed by atoms with van der Waals surface area (Å²) in [6.45, 7) is 11.2. The molecule has 0 N–H and O–H groups in total. The van der Waals surface area contributed by atoms with E-state index in [0.717, 1.165) is 18.9 Å². The molecular weight excluding hydrogens is 564 g/mol. The second-order valence-corrected chi connectivity index (χ2v) is 9.60. The average molecular weight is 603 g/mol. The lowest BCUT2D eigenvalue weighted by atomic mass is 10.2. The number of rotatable bonds is 19. The van der Waals surface area contributed by atoms with Crippen LogP contribution in [0.1, 0.15) is 52.0 Å². The van der Waals surface area contributed by atoms with Gasteiger partial charge in [0.15, 0.2) is 0 Å². The van der Waals surface area contributed by atoms with Crippen molar-refractivity contribution in [3.8, 4) is 23.0 Å². The van der Waals surface area contributed by atoms with Crippen LogP contribution >= 0.6 is 0 Å². The van der Waals surface area contributed by atoms with Crippen molar-refractivity contribution in [2.45, 2.75) is 32.6 Å². The van der Waals surface area contributed by atoms with Crippen LogP contribution in [0.3, 0.4) is 0 Å². The topological polar surface area (TPSA) is 107 Å². The van der Waals surface area contributed by atoms with E-state index in [1.165, 1.54) is 0 Å². The smallest absolute Gasteiger partial charge is 0.343 e. The molecule has 44 heavy (non-hydrogen) atoms. The summed E-state index contributed by atoms with van der Waals surface area (Å²) in [4.78, 5) is 36.3. The highest BCUT2D eigenvalue weighted by atomic mass is 16.5. The van der Waals surface area contributed by atoms with Crippen molar-refractivity contribution in [3.05, 3.63) is 109 Å². The fourth-order valence-electron chi connectivity index (χ4n) is 3.79. The zero-order chi connectivity index (χ0) is 31.6. The summed E-state index contributed by atoms with van der Waals surface area (Å²) in [5, 5.41) is 0. The van der Waals surface area contributed by atoms with Gasteiger partial charge in [-0.05, 0) is 105 Å². The molecule has 0 aliphatic rings. The number of unbranched alkanes of at least 4 members (excludes halogenated alkanes) is 2. The number of ether oxygens (including phenoxy) is 6. The second-order valence-electron chi connectivity index (χ2n) is 9.60. The molecule has 0 heterocycles. The first kappa shape index (κ1) is 33.6. The third-order valence-electron chi connectivity index (χ3n) is 6.15. The highest BCUT2D eigenvalue weighted by molar-refractivity contribution is 5.92. The molecule has 0 spiro atoms. The van der Waals surface area contributed by atoms with Gasteiger partial charge in [0.05, 0.1) is 37.6 Å². The van der Waals surface area contributed by atoms with Crippen LogP contribution in [0, 0.1) is 6.92 Å². The number of carbonyl (C=O) groups excluding carboxylic acids is 3. The van der Waals surface area contributed by atoms with E-state index in [1.807, 2.05) is 0 Å². The van der Waals surface area contributed by atoms with E-state index >= 15 is 0 Å². The normalized spacial score (nSPS) is 10.4. The van der Waals surface area contributed by atoms with Gasteiger partial charge in [-0.3, -0.25) is 0 Å². The lowest BCUT2D eigenvalue weighted by molar-refractivity contribution is -0.137. The van der Waals surface area contributed by atoms with Gasteiger partial charge in [-0.25, -0.2) is 14.4 Å². The Morgan fingerprint density at radius 1 is 0.659 bits per heavy atom. The number of benzene rings is 3. The summed E-state index contributed by atoms with van der Waals surface area (Å²) in [6.07, 6.45) is 5.96. The minimum absolute atomic E-state index is 0.306. The molecule has 0 unspecified atom stereocenters. The molecule has 3 aromatic carbocycles. The van der Waals surface area contributed by atoms with E-state index in [1.54, 1.807) is 79.7 Å². The van der Waals surface area contributed by atoms with Gasteiger partial charge in [0, 0.05) is 12.7 Å². The third-order valence-corrected chi connectivity index (χ3v) is 6.15. The van der Waals surface area contributed by atoms with Gasteiger partial charge in [-0.1, -0.05) is 12.7 Å². The molecule has 3 rings (SSSR count). The predicted molar refractivity (Wildman–Crippen MR) is 166 cm³/mol. The largest absolute Gasteiger partial charge is 0.494 e. The van der Waals surface area contributed by atoms with Gasteiger partial charge >= 0.3 is 17.9 Å². The van der Waals surface area contributed by atoms with E-state index in [4.69, 9.17) is 28.4 Å². The number of aryl methyl sites for hydroxylation is 1. The fourth-order valence-corrected chi connectivity index (χ4v) is 3.79. The van der Waals surface area contributed by atoms with Crippen LogP contribution in [-0.4, -0.2) is 50.9 Å². The van der Waals surface area contributed by atoms with Crippen LogP contribution < -0.4 is 18.9 Å². The summed E-state index contributed by atoms with van der Waals surface area (Å²) in [5.41, 5.74) is 1.36. The molecule has 9 heteroatoms. The molecule has 232 valence electrons. The van der Waals surface area contributed by atoms with Crippen molar-refractivity contribution in [2.24, 2.45) is 0 Å². The summed E-state index contributed by atoms with van der Waals surface area (Å²) in [7, 11) is 0. The van der Waals surface area contributed by atoms with Gasteiger partial charge in [-0.15, -0.1) is 6.58 Å². The van der Waals surface area contributed by atoms with E-state index in [9.17, 15) is 14.4 Å². The van der Waals surface area contributed by atoms with E-state index < -0.39 is 17.9 Å². The maximum absolute atomic E-state index is 12.7. The van der Waals surface area contributed by atoms with Gasteiger partial charge in [0.25, 0.3) is 0 Å². The highest BCUT2D eigenvalue weighted by Crippen LogP contribution is 2.26. The Morgan fingerprint density at radius 3 is 1.73 bits per heavy atom. The zero-order valence-corrected chi connectivity index (χ0v) is 25.0. The Morgan fingerprint density at radius 2 is 1.18 bits per heavy atom. The summed E-state index contributed by atoms with van der Waals surface area (Å²) < 4.78 is 32.7. The van der Waals surface area contributed by atoms with Crippen molar-refractivity contribution in [1.29, 1.82) is 0 Å². The van der Waals surface area contributed by atoms with Gasteiger partial charge in [-0.2, -0.15) is 0 Å². The molecule has 9 nitrogen and oxygen atoms in total. The SMILES string of the molecule is C=CCOCCCCOc1ccc(C(=O)Oc2ccc(OC(=O)c3ccc(OCCCCOC(=O)C=C)cc3)cc2C)cc1. The maximum Gasteiger partial charge on any atom is 0.343 e. The Hall–Kier alpha value is -4.89. The molecule has 0 aliphatic heterocycles. The summed E-state index contributed by atoms with van der Waals surface area (Å²) >= 11 is 0. The molecule has 0 atom stereocenters. The van der Waals surface area contributed by atoms with Crippen molar-refractivity contribution >= 4 is 17.9 Å². The van der Waals surface area contributed by atoms with E-state index in [0.29, 0.717) is 85.6 Å². The van der Waals surface area contributed by atoms with Crippen molar-refractivity contribution in [1.82, 2.24) is 0 Å². The van der Waals surface area contributed by atoms with Gasteiger partial charge in [0.1, 0.15) is 23.0 Å². The van der Waals surface area contributed by atoms with Crippen LogP contribution in [0.2, 0.25) is 0 Å². The van der Waals surface area contributed by atoms with Crippen LogP contribution in [0.5, 0.6) is 23.0 Å². The molecule has 3 aromatic rings. The summed E-state index contributed by atoms with van der Waals surface area (Å²) in [6, 6.07) is 18.1. The highest BCUT2D eigenvalue weighted by Gasteiger charge is 2.14. The van der Waals surface area contributed by atoms with Crippen molar-refractivity contribution in [3.63, 3.8) is 0 Å². The Labute approximate surface area is 258 Å². The Kier molecular flexibility index (Phi) is 14.2. The summed E-state index contributed by atoms with van der Waals surface area (Å²) in [5.74, 6) is 0.455. The quantitative estimate of drug-likeness (QED) is 0.0488. The monoisotopic (exact) mass is 602 g/mol. The first-order chi connectivity index (χ1) is 21.4. The second kappa shape index (κ2) is 18.6. The number of hydrogen-bond acceptors (Lipinski definition) is 9. The number of carbonyl (C=O) groups is 3. The molecule has 0 fully saturated rings. The molecule has 0 amide bonds. The van der Waals surface area contributed by atoms with Crippen molar-refractivity contribution in [2.75, 3.05) is 33.0 Å². The zero-order valence-electron chi connectivity index (χ0n) is 25.0. The molecule has 0 saturated carbocycles. The molecule has 0 bridgehead atoms. The molecular formula is C35H38O9. The third kappa shape index (κ3) is 11.8. The Bertz CT molecular complexity index is 1380. The van der Waals surface area contributed by atoms with Gasteiger partial charge < -0.3 is 28.4 Å². The molecule has 0 aliphatic carbocycles. The van der Waals surface area contributed by atoms with Gasteiger partial charge in [0.2, 0.25) is 0 Å². The average Bonchev–Trinajstić information content (AvgIpc) is 3.04. The van der Waals surface area contributed by atoms with Crippen molar-refractivity contribution < 1.29 is 42.8 Å². The number of esters is 3. The van der Waals surface area contributed by atoms with Crippen LogP contribution in [0.25, 0.3) is 0 Å². The molecule has 0 aromatic heterocycles. The number of hydrogen-bond donors (Lipinski definition) is 0. The van der Waals surface area contributed by atoms with E-state index in [-0.39, 0.29) is 0 Å². The first-order valence-corrected chi connectivity index (χ1v) is 14.4. The lowest BCUT2D eigenvalue weighted by Gasteiger charge is -2.11. The minimum Gasteiger partial charge on any atom is -0.494 e. The van der Waals surface area contributed by atoms with Crippen LogP contribution in [-0.2, 0) is 14.3 Å². The van der Waals surface area contributed by atoms with Crippen LogP contribution in [0.15, 0.2) is 92.0 Å². The first-order valence-electron chi connectivity index (χ1n) is 14.4. The fraction of sp³-hybridized carbons (Fsp3) is 0.286. The standard InChI is InChI=1S/C35H38O9/c1-4-20-39-21-6-7-22-40-30-16-12-28(13-17-30)35(38)44-32-19-18-31(25-26(32)3)43-34(37)27-10-14-29(15-11-27)41-23-8-9-24-42-33(36)5-2/h4-5,10-19,25H,1-2,6-9,20-24H2,3H3. The lowest BCUT2D eigenvalue weighted by Crippen LogP contribution is -2.11. The maximum atomic E-state index is 12.7.